The molecule has 76 valence electrons. The van der Waals surface area contributed by atoms with Crippen LogP contribution in [0.1, 0.15) is 27.2 Å². The Kier molecular flexibility index (Phi) is 2.96. The number of aliphatic hydroxyl groups is 1. The summed E-state index contributed by atoms with van der Waals surface area (Å²) in [6.07, 6.45) is 0.994. The van der Waals surface area contributed by atoms with Crippen LogP contribution in [0.5, 0.6) is 0 Å². The first-order valence-electron chi connectivity index (χ1n) is 4.92. The summed E-state index contributed by atoms with van der Waals surface area (Å²) in [7, 11) is 0. The molecule has 0 bridgehead atoms. The van der Waals surface area contributed by atoms with Gasteiger partial charge in [-0.2, -0.15) is 0 Å². The molecule has 0 spiro atoms. The molecule has 3 nitrogen and oxygen atoms in total. The maximum absolute atomic E-state index is 11.8. The van der Waals surface area contributed by atoms with E-state index < -0.39 is 0 Å². The number of hydrogen-bond donors (Lipinski definition) is 1. The third kappa shape index (κ3) is 2.21. The molecule has 1 aliphatic carbocycles. The Morgan fingerprint density at radius 1 is 1.62 bits per heavy atom. The fourth-order valence-electron chi connectivity index (χ4n) is 1.65. The number of likely N-dealkylation sites (N-methyl/N-ethyl adjacent to an activating group) is 1. The largest absolute Gasteiger partial charge is 0.395 e. The smallest absolute Gasteiger partial charge is 0.226 e. The number of rotatable bonds is 4. The lowest BCUT2D eigenvalue weighted by Crippen LogP contribution is -2.35. The summed E-state index contributed by atoms with van der Waals surface area (Å²) in [4.78, 5) is 13.5. The molecule has 1 saturated carbocycles. The first kappa shape index (κ1) is 10.5. The zero-order chi connectivity index (χ0) is 10.1. The first-order valence-corrected chi connectivity index (χ1v) is 4.92. The van der Waals surface area contributed by atoms with E-state index in [0.717, 1.165) is 6.42 Å². The molecular formula is C10H19NO2. The van der Waals surface area contributed by atoms with Crippen LogP contribution < -0.4 is 0 Å². The fraction of sp³-hybridized carbons (Fsp3) is 0.900. The molecule has 1 aliphatic rings. The lowest BCUT2D eigenvalue weighted by Gasteiger charge is -2.20. The zero-order valence-electron chi connectivity index (χ0n) is 8.71. The van der Waals surface area contributed by atoms with Gasteiger partial charge in [-0.15, -0.1) is 0 Å². The minimum absolute atomic E-state index is 0.0622. The van der Waals surface area contributed by atoms with Crippen LogP contribution in [-0.4, -0.2) is 35.6 Å². The standard InChI is InChI=1S/C10H19NO2/c1-4-11(5-6-12)9(13)8-7-10(8,2)3/h8,12H,4-7H2,1-3H3. The molecule has 0 heterocycles. The molecule has 1 atom stereocenters. The summed E-state index contributed by atoms with van der Waals surface area (Å²) < 4.78 is 0. The van der Waals surface area contributed by atoms with Crippen molar-refractivity contribution in [2.45, 2.75) is 27.2 Å². The van der Waals surface area contributed by atoms with Gasteiger partial charge in [0.15, 0.2) is 0 Å². The summed E-state index contributed by atoms with van der Waals surface area (Å²) >= 11 is 0. The highest BCUT2D eigenvalue weighted by molar-refractivity contribution is 5.82. The maximum Gasteiger partial charge on any atom is 0.226 e. The molecule has 0 aromatic carbocycles. The Balaban J connectivity index is 2.46. The molecule has 3 heteroatoms. The quantitative estimate of drug-likeness (QED) is 0.706. The molecule has 13 heavy (non-hydrogen) atoms. The summed E-state index contributed by atoms with van der Waals surface area (Å²) in [5.74, 6) is 0.403. The molecule has 1 unspecified atom stereocenters. The Labute approximate surface area is 79.7 Å². The summed E-state index contributed by atoms with van der Waals surface area (Å²) in [6, 6.07) is 0. The number of hydrogen-bond acceptors (Lipinski definition) is 2. The van der Waals surface area contributed by atoms with Crippen LogP contribution >= 0.6 is 0 Å². The van der Waals surface area contributed by atoms with E-state index in [1.807, 2.05) is 6.92 Å². The van der Waals surface area contributed by atoms with Gasteiger partial charge >= 0.3 is 0 Å². The van der Waals surface area contributed by atoms with Crippen LogP contribution in [0.25, 0.3) is 0 Å². The van der Waals surface area contributed by atoms with Gasteiger partial charge in [0.25, 0.3) is 0 Å². The van der Waals surface area contributed by atoms with Gasteiger partial charge in [0.1, 0.15) is 0 Å². The number of aliphatic hydroxyl groups excluding tert-OH is 1. The third-order valence-electron chi connectivity index (χ3n) is 2.87. The summed E-state index contributed by atoms with van der Waals surface area (Å²) in [5, 5.41) is 8.76. The van der Waals surface area contributed by atoms with Crippen molar-refractivity contribution in [1.82, 2.24) is 4.90 Å². The van der Waals surface area contributed by atoms with Gasteiger partial charge in [0.2, 0.25) is 5.91 Å². The van der Waals surface area contributed by atoms with Crippen molar-refractivity contribution < 1.29 is 9.90 Å². The van der Waals surface area contributed by atoms with Crippen LogP contribution in [0.4, 0.5) is 0 Å². The van der Waals surface area contributed by atoms with Gasteiger partial charge in [-0.25, -0.2) is 0 Å². The van der Waals surface area contributed by atoms with Crippen molar-refractivity contribution in [1.29, 1.82) is 0 Å². The van der Waals surface area contributed by atoms with Gasteiger partial charge < -0.3 is 10.0 Å². The molecule has 1 amide bonds. The van der Waals surface area contributed by atoms with Gasteiger partial charge in [-0.3, -0.25) is 4.79 Å². The van der Waals surface area contributed by atoms with Crippen molar-refractivity contribution in [3.8, 4) is 0 Å². The van der Waals surface area contributed by atoms with E-state index in [9.17, 15) is 4.79 Å². The third-order valence-corrected chi connectivity index (χ3v) is 2.87. The van der Waals surface area contributed by atoms with Gasteiger partial charge in [0.05, 0.1) is 6.61 Å². The van der Waals surface area contributed by atoms with Crippen LogP contribution in [0.15, 0.2) is 0 Å². The van der Waals surface area contributed by atoms with Crippen molar-refractivity contribution in [2.75, 3.05) is 19.7 Å². The van der Waals surface area contributed by atoms with Gasteiger partial charge in [0, 0.05) is 19.0 Å². The molecule has 1 N–H and O–H groups in total. The topological polar surface area (TPSA) is 40.5 Å². The number of carbonyl (C=O) groups is 1. The van der Waals surface area contributed by atoms with Gasteiger partial charge in [-0.1, -0.05) is 13.8 Å². The Hall–Kier alpha value is -0.570. The lowest BCUT2D eigenvalue weighted by atomic mass is 10.1. The highest BCUT2D eigenvalue weighted by atomic mass is 16.3. The normalized spacial score (nSPS) is 24.2. The average Bonchev–Trinajstić information content (AvgIpc) is 2.70. The second-order valence-electron chi connectivity index (χ2n) is 4.39. The van der Waals surface area contributed by atoms with E-state index in [0.29, 0.717) is 13.1 Å². The Bertz CT molecular complexity index is 201. The van der Waals surface area contributed by atoms with E-state index in [1.165, 1.54) is 0 Å². The molecular weight excluding hydrogens is 166 g/mol. The van der Waals surface area contributed by atoms with Crippen LogP contribution in [0.2, 0.25) is 0 Å². The highest BCUT2D eigenvalue weighted by Crippen LogP contribution is 2.52. The van der Waals surface area contributed by atoms with E-state index in [-0.39, 0.29) is 23.8 Å². The number of nitrogens with zero attached hydrogens (tertiary/aromatic N) is 1. The first-order chi connectivity index (χ1) is 6.03. The maximum atomic E-state index is 11.8. The van der Waals surface area contributed by atoms with Crippen molar-refractivity contribution in [3.63, 3.8) is 0 Å². The van der Waals surface area contributed by atoms with Crippen LogP contribution in [-0.2, 0) is 4.79 Å². The second-order valence-corrected chi connectivity index (χ2v) is 4.39. The van der Waals surface area contributed by atoms with Crippen molar-refractivity contribution in [2.24, 2.45) is 11.3 Å². The average molecular weight is 185 g/mol. The molecule has 0 radical (unpaired) electrons. The fourth-order valence-corrected chi connectivity index (χ4v) is 1.65. The van der Waals surface area contributed by atoms with Crippen molar-refractivity contribution in [3.05, 3.63) is 0 Å². The number of amides is 1. The van der Waals surface area contributed by atoms with Gasteiger partial charge in [-0.05, 0) is 18.8 Å². The van der Waals surface area contributed by atoms with E-state index >= 15 is 0 Å². The summed E-state index contributed by atoms with van der Waals surface area (Å²) in [6.45, 7) is 7.41. The second kappa shape index (κ2) is 3.66. The zero-order valence-corrected chi connectivity index (χ0v) is 8.71. The molecule has 0 aliphatic heterocycles. The molecule has 0 saturated heterocycles. The SMILES string of the molecule is CCN(CCO)C(=O)C1CC1(C)C. The monoisotopic (exact) mass is 185 g/mol. The minimum Gasteiger partial charge on any atom is -0.395 e. The Morgan fingerprint density at radius 2 is 2.15 bits per heavy atom. The minimum atomic E-state index is 0.0622. The molecule has 1 fully saturated rings. The number of carbonyl (C=O) groups excluding carboxylic acids is 1. The molecule has 0 aromatic heterocycles. The predicted octanol–water partition coefficient (Wildman–Crippen LogP) is 0.873. The predicted molar refractivity (Wildman–Crippen MR) is 51.2 cm³/mol. The molecule has 1 rings (SSSR count). The summed E-state index contributed by atoms with van der Waals surface area (Å²) in [5.41, 5.74) is 0.194. The van der Waals surface area contributed by atoms with E-state index in [2.05, 4.69) is 13.8 Å². The van der Waals surface area contributed by atoms with Crippen LogP contribution in [0.3, 0.4) is 0 Å². The van der Waals surface area contributed by atoms with Crippen LogP contribution in [0, 0.1) is 11.3 Å². The van der Waals surface area contributed by atoms with Crippen molar-refractivity contribution >= 4 is 5.91 Å². The highest BCUT2D eigenvalue weighted by Gasteiger charge is 2.51. The lowest BCUT2D eigenvalue weighted by molar-refractivity contribution is -0.133. The van der Waals surface area contributed by atoms with E-state index in [4.69, 9.17) is 5.11 Å². The molecule has 0 aromatic rings. The Morgan fingerprint density at radius 3 is 2.46 bits per heavy atom. The van der Waals surface area contributed by atoms with E-state index in [1.54, 1.807) is 4.90 Å².